The van der Waals surface area contributed by atoms with Crippen LogP contribution in [0.5, 0.6) is 5.88 Å². The molecule has 32 heavy (non-hydrogen) atoms. The molecule has 0 bridgehead atoms. The maximum Gasteiger partial charge on any atom is 0.257 e. The summed E-state index contributed by atoms with van der Waals surface area (Å²) in [6.45, 7) is 3.50. The smallest absolute Gasteiger partial charge is 0.257 e. The topological polar surface area (TPSA) is 80.5 Å². The van der Waals surface area contributed by atoms with Crippen LogP contribution in [-0.2, 0) is 0 Å². The van der Waals surface area contributed by atoms with Crippen molar-refractivity contribution in [3.63, 3.8) is 0 Å². The standard InChI is InChI=1S/C24H22FN5O2/c1-14-12-30-13-16(11-20(25)23(30)27-14)28-24(31)19-4-3-17(15-7-9-26-10-8-15)18-5-6-21(32-2)29-22(18)19/h3-7,11-13,26H,8-10H2,1-2H3,(H,28,31). The highest BCUT2D eigenvalue weighted by molar-refractivity contribution is 6.13. The number of rotatable bonds is 4. The summed E-state index contributed by atoms with van der Waals surface area (Å²) in [5, 5.41) is 6.98. The molecule has 1 aliphatic heterocycles. The number of anilines is 1. The molecule has 1 aromatic carbocycles. The Balaban J connectivity index is 1.57. The number of carbonyl (C=O) groups is 1. The summed E-state index contributed by atoms with van der Waals surface area (Å²) in [4.78, 5) is 21.9. The van der Waals surface area contributed by atoms with Crippen molar-refractivity contribution in [1.29, 1.82) is 0 Å². The minimum Gasteiger partial charge on any atom is -0.481 e. The number of hydrogen-bond acceptors (Lipinski definition) is 5. The third kappa shape index (κ3) is 3.58. The van der Waals surface area contributed by atoms with E-state index in [4.69, 9.17) is 4.74 Å². The van der Waals surface area contributed by atoms with E-state index in [0.29, 0.717) is 28.3 Å². The van der Waals surface area contributed by atoms with Gasteiger partial charge in [0.25, 0.3) is 5.91 Å². The van der Waals surface area contributed by atoms with Crippen LogP contribution in [0, 0.1) is 12.7 Å². The fourth-order valence-corrected chi connectivity index (χ4v) is 4.09. The average Bonchev–Trinajstić information content (AvgIpc) is 3.19. The molecule has 0 atom stereocenters. The monoisotopic (exact) mass is 431 g/mol. The summed E-state index contributed by atoms with van der Waals surface area (Å²) >= 11 is 0. The van der Waals surface area contributed by atoms with Gasteiger partial charge in [-0.05, 0) is 43.2 Å². The number of amides is 1. The number of imidazole rings is 1. The normalized spacial score (nSPS) is 13.9. The number of nitrogens with one attached hydrogen (secondary N) is 2. The van der Waals surface area contributed by atoms with Gasteiger partial charge in [-0.1, -0.05) is 12.1 Å². The van der Waals surface area contributed by atoms with Crippen molar-refractivity contribution in [3.8, 4) is 5.88 Å². The molecule has 4 aromatic rings. The van der Waals surface area contributed by atoms with E-state index < -0.39 is 5.82 Å². The number of methoxy groups -OCH3 is 1. The van der Waals surface area contributed by atoms with Gasteiger partial charge in [-0.25, -0.2) is 14.4 Å². The number of hydrogen-bond donors (Lipinski definition) is 2. The highest BCUT2D eigenvalue weighted by atomic mass is 19.1. The Morgan fingerprint density at radius 1 is 1.22 bits per heavy atom. The first-order chi connectivity index (χ1) is 15.5. The lowest BCUT2D eigenvalue weighted by Gasteiger charge is -2.17. The average molecular weight is 431 g/mol. The summed E-state index contributed by atoms with van der Waals surface area (Å²) in [6.07, 6.45) is 6.40. The number of benzene rings is 1. The van der Waals surface area contributed by atoms with Crippen molar-refractivity contribution >= 4 is 33.7 Å². The van der Waals surface area contributed by atoms with Gasteiger partial charge in [0, 0.05) is 36.5 Å². The molecule has 0 fully saturated rings. The SMILES string of the molecule is COc1ccc2c(C3=CCNCC3)ccc(C(=O)Nc3cc(F)c4nc(C)cn4c3)c2n1. The number of halogens is 1. The second-order valence-corrected chi connectivity index (χ2v) is 7.74. The zero-order valence-corrected chi connectivity index (χ0v) is 17.8. The van der Waals surface area contributed by atoms with Crippen LogP contribution in [0.1, 0.15) is 28.0 Å². The van der Waals surface area contributed by atoms with Gasteiger partial charge >= 0.3 is 0 Å². The van der Waals surface area contributed by atoms with Crippen LogP contribution >= 0.6 is 0 Å². The first-order valence-corrected chi connectivity index (χ1v) is 10.4. The third-order valence-electron chi connectivity index (χ3n) is 5.58. The van der Waals surface area contributed by atoms with E-state index >= 15 is 0 Å². The van der Waals surface area contributed by atoms with Crippen molar-refractivity contribution in [2.24, 2.45) is 0 Å². The molecular weight excluding hydrogens is 409 g/mol. The number of fused-ring (bicyclic) bond motifs is 2. The molecule has 2 N–H and O–H groups in total. The molecule has 5 rings (SSSR count). The molecule has 4 heterocycles. The van der Waals surface area contributed by atoms with Crippen molar-refractivity contribution < 1.29 is 13.9 Å². The van der Waals surface area contributed by atoms with E-state index in [1.54, 1.807) is 35.9 Å². The highest BCUT2D eigenvalue weighted by Gasteiger charge is 2.18. The first-order valence-electron chi connectivity index (χ1n) is 10.4. The van der Waals surface area contributed by atoms with Crippen LogP contribution in [0.15, 0.2) is 48.8 Å². The van der Waals surface area contributed by atoms with Crippen molar-refractivity contribution in [1.82, 2.24) is 19.7 Å². The largest absolute Gasteiger partial charge is 0.481 e. The Bertz CT molecular complexity index is 1390. The van der Waals surface area contributed by atoms with Crippen molar-refractivity contribution in [2.75, 3.05) is 25.5 Å². The van der Waals surface area contributed by atoms with Gasteiger partial charge in [-0.2, -0.15) is 0 Å². The van der Waals surface area contributed by atoms with Crippen LogP contribution in [0.3, 0.4) is 0 Å². The molecule has 0 unspecified atom stereocenters. The molecule has 0 spiro atoms. The van der Waals surface area contributed by atoms with Crippen LogP contribution in [0.2, 0.25) is 0 Å². The maximum atomic E-state index is 14.4. The fraction of sp³-hybridized carbons (Fsp3) is 0.208. The Kier molecular flexibility index (Phi) is 5.07. The van der Waals surface area contributed by atoms with E-state index in [-0.39, 0.29) is 11.6 Å². The summed E-state index contributed by atoms with van der Waals surface area (Å²) in [7, 11) is 1.54. The van der Waals surface area contributed by atoms with Crippen LogP contribution in [-0.4, -0.2) is 40.5 Å². The zero-order chi connectivity index (χ0) is 22.2. The molecule has 0 radical (unpaired) electrons. The van der Waals surface area contributed by atoms with Gasteiger partial charge in [0.1, 0.15) is 0 Å². The van der Waals surface area contributed by atoms with Crippen molar-refractivity contribution in [2.45, 2.75) is 13.3 Å². The number of ether oxygens (including phenoxy) is 1. The second kappa shape index (κ2) is 8.05. The van der Waals surface area contributed by atoms with E-state index in [1.165, 1.54) is 18.7 Å². The number of aryl methyl sites for hydroxylation is 1. The molecule has 0 saturated carbocycles. The number of carbonyl (C=O) groups excluding carboxylic acids is 1. The maximum absolute atomic E-state index is 14.4. The molecule has 162 valence electrons. The minimum atomic E-state index is -0.506. The lowest BCUT2D eigenvalue weighted by atomic mass is 9.94. The summed E-state index contributed by atoms with van der Waals surface area (Å²) in [5.74, 6) is -0.463. The third-order valence-corrected chi connectivity index (χ3v) is 5.58. The molecular formula is C24H22FN5O2. The zero-order valence-electron chi connectivity index (χ0n) is 17.8. The predicted molar refractivity (Wildman–Crippen MR) is 122 cm³/mol. The number of pyridine rings is 2. The summed E-state index contributed by atoms with van der Waals surface area (Å²) in [5.41, 5.74) is 4.44. The van der Waals surface area contributed by atoms with Gasteiger partial charge in [-0.3, -0.25) is 4.79 Å². The molecule has 0 aliphatic carbocycles. The quantitative estimate of drug-likeness (QED) is 0.511. The van der Waals surface area contributed by atoms with Gasteiger partial charge in [0.2, 0.25) is 5.88 Å². The Hall–Kier alpha value is -3.78. The second-order valence-electron chi connectivity index (χ2n) is 7.74. The Morgan fingerprint density at radius 2 is 2.09 bits per heavy atom. The summed E-state index contributed by atoms with van der Waals surface area (Å²) in [6, 6.07) is 8.70. The Morgan fingerprint density at radius 3 is 2.88 bits per heavy atom. The Labute approximate surface area is 183 Å². The van der Waals surface area contributed by atoms with E-state index in [1.807, 2.05) is 12.1 Å². The molecule has 7 nitrogen and oxygen atoms in total. The van der Waals surface area contributed by atoms with Crippen molar-refractivity contribution in [3.05, 3.63) is 71.4 Å². The lowest BCUT2D eigenvalue weighted by molar-refractivity contribution is 0.102. The van der Waals surface area contributed by atoms with E-state index in [2.05, 4.69) is 26.7 Å². The fourth-order valence-electron chi connectivity index (χ4n) is 4.09. The molecule has 1 amide bonds. The number of aromatic nitrogens is 3. The van der Waals surface area contributed by atoms with E-state index in [9.17, 15) is 9.18 Å². The van der Waals surface area contributed by atoms with Crippen LogP contribution < -0.4 is 15.4 Å². The van der Waals surface area contributed by atoms with Gasteiger partial charge in [-0.15, -0.1) is 0 Å². The summed E-state index contributed by atoms with van der Waals surface area (Å²) < 4.78 is 21.3. The molecule has 8 heteroatoms. The number of nitrogens with zero attached hydrogens (tertiary/aromatic N) is 3. The predicted octanol–water partition coefficient (Wildman–Crippen LogP) is 3.97. The lowest BCUT2D eigenvalue weighted by Crippen LogP contribution is -2.20. The molecule has 3 aromatic heterocycles. The van der Waals surface area contributed by atoms with Gasteiger partial charge in [0.05, 0.1) is 29.6 Å². The highest BCUT2D eigenvalue weighted by Crippen LogP contribution is 2.31. The molecule has 0 saturated heterocycles. The molecule has 1 aliphatic rings. The van der Waals surface area contributed by atoms with Gasteiger partial charge in [0.15, 0.2) is 11.5 Å². The minimum absolute atomic E-state index is 0.219. The van der Waals surface area contributed by atoms with Crippen LogP contribution in [0.25, 0.3) is 22.1 Å². The van der Waals surface area contributed by atoms with Gasteiger partial charge < -0.3 is 19.8 Å². The first kappa shape index (κ1) is 20.1. The van der Waals surface area contributed by atoms with Crippen LogP contribution in [0.4, 0.5) is 10.1 Å². The van der Waals surface area contributed by atoms with E-state index in [0.717, 1.165) is 30.5 Å².